The molecule has 1 saturated carbocycles. The maximum atomic E-state index is 6.17. The molecule has 0 saturated heterocycles. The van der Waals surface area contributed by atoms with Crippen LogP contribution in [0, 0.1) is 0 Å². The van der Waals surface area contributed by atoms with Gasteiger partial charge in [-0.25, -0.2) is 9.97 Å². The Bertz CT molecular complexity index is 403. The quantitative estimate of drug-likeness (QED) is 0.771. The van der Waals surface area contributed by atoms with Crippen LogP contribution in [0.15, 0.2) is 0 Å². The van der Waals surface area contributed by atoms with Crippen LogP contribution in [0.25, 0.3) is 0 Å². The van der Waals surface area contributed by atoms with Gasteiger partial charge in [-0.1, -0.05) is 11.6 Å². The lowest BCUT2D eigenvalue weighted by Crippen LogP contribution is -2.30. The first-order valence-corrected chi connectivity index (χ1v) is 6.23. The van der Waals surface area contributed by atoms with Gasteiger partial charge in [0.05, 0.1) is 5.69 Å². The second kappa shape index (κ2) is 4.18. The van der Waals surface area contributed by atoms with Crippen LogP contribution >= 0.6 is 11.6 Å². The first kappa shape index (κ1) is 10.3. The Kier molecular flexibility index (Phi) is 2.69. The Hall–Kier alpha value is -0.870. The third-order valence-electron chi connectivity index (χ3n) is 3.32. The van der Waals surface area contributed by atoms with Crippen LogP contribution in [0.4, 0.5) is 5.95 Å². The molecule has 1 fully saturated rings. The minimum absolute atomic E-state index is 0.547. The first-order valence-electron chi connectivity index (χ1n) is 5.85. The van der Waals surface area contributed by atoms with E-state index < -0.39 is 0 Å². The van der Waals surface area contributed by atoms with E-state index in [4.69, 9.17) is 11.6 Å². The molecule has 2 N–H and O–H groups in total. The lowest BCUT2D eigenvalue weighted by atomic mass is 9.93. The molecule has 0 radical (unpaired) electrons. The van der Waals surface area contributed by atoms with Crippen LogP contribution < -0.4 is 10.6 Å². The molecule has 1 aromatic heterocycles. The molecule has 0 spiro atoms. The molecule has 0 bridgehead atoms. The van der Waals surface area contributed by atoms with Gasteiger partial charge in [0.1, 0.15) is 5.15 Å². The lowest BCUT2D eigenvalue weighted by Gasteiger charge is -2.27. The highest BCUT2D eigenvalue weighted by Crippen LogP contribution is 2.25. The van der Waals surface area contributed by atoms with Crippen LogP contribution in [0.1, 0.15) is 30.5 Å². The highest BCUT2D eigenvalue weighted by Gasteiger charge is 2.20. The van der Waals surface area contributed by atoms with Crippen LogP contribution in [-0.2, 0) is 13.0 Å². The highest BCUT2D eigenvalue weighted by atomic mass is 35.5. The molecule has 1 aliphatic carbocycles. The second-order valence-electron chi connectivity index (χ2n) is 4.46. The zero-order valence-electron chi connectivity index (χ0n) is 9.09. The van der Waals surface area contributed by atoms with Gasteiger partial charge in [0.25, 0.3) is 0 Å². The average molecular weight is 239 g/mol. The van der Waals surface area contributed by atoms with Crippen molar-refractivity contribution in [3.8, 4) is 0 Å². The van der Waals surface area contributed by atoms with Crippen molar-refractivity contribution < 1.29 is 0 Å². The molecule has 2 aliphatic rings. The number of fused-ring (bicyclic) bond motifs is 1. The SMILES string of the molecule is Clc1nc(NC2CCC2)nc2c1CCNC2. The Morgan fingerprint density at radius 2 is 2.19 bits per heavy atom. The van der Waals surface area contributed by atoms with Crippen LogP contribution in [0.5, 0.6) is 0 Å². The molecule has 86 valence electrons. The molecule has 1 aliphatic heterocycles. The minimum Gasteiger partial charge on any atom is -0.351 e. The summed E-state index contributed by atoms with van der Waals surface area (Å²) in [5, 5.41) is 7.25. The Labute approximate surface area is 99.8 Å². The second-order valence-corrected chi connectivity index (χ2v) is 4.82. The van der Waals surface area contributed by atoms with Gasteiger partial charge in [-0.05, 0) is 32.2 Å². The summed E-state index contributed by atoms with van der Waals surface area (Å²) in [4.78, 5) is 8.85. The highest BCUT2D eigenvalue weighted by molar-refractivity contribution is 6.30. The maximum Gasteiger partial charge on any atom is 0.224 e. The Morgan fingerprint density at radius 1 is 1.31 bits per heavy atom. The monoisotopic (exact) mass is 238 g/mol. The van der Waals surface area contributed by atoms with Crippen molar-refractivity contribution in [1.82, 2.24) is 15.3 Å². The van der Waals surface area contributed by atoms with Crippen molar-refractivity contribution in [2.24, 2.45) is 0 Å². The smallest absolute Gasteiger partial charge is 0.224 e. The fourth-order valence-electron chi connectivity index (χ4n) is 2.11. The summed E-state index contributed by atoms with van der Waals surface area (Å²) in [5.74, 6) is 0.692. The van der Waals surface area contributed by atoms with E-state index in [2.05, 4.69) is 20.6 Å². The first-order chi connectivity index (χ1) is 7.83. The Morgan fingerprint density at radius 3 is 2.94 bits per heavy atom. The average Bonchev–Trinajstić information content (AvgIpc) is 2.24. The Balaban J connectivity index is 1.85. The van der Waals surface area contributed by atoms with Gasteiger partial charge < -0.3 is 10.6 Å². The van der Waals surface area contributed by atoms with Gasteiger partial charge in [0.2, 0.25) is 5.95 Å². The number of rotatable bonds is 2. The third kappa shape index (κ3) is 1.87. The zero-order chi connectivity index (χ0) is 11.0. The van der Waals surface area contributed by atoms with E-state index in [-0.39, 0.29) is 0 Å². The van der Waals surface area contributed by atoms with Crippen molar-refractivity contribution in [3.05, 3.63) is 16.4 Å². The summed E-state index contributed by atoms with van der Waals surface area (Å²) in [5.41, 5.74) is 2.16. The molecular weight excluding hydrogens is 224 g/mol. The standard InChI is InChI=1S/C11H15ClN4/c12-10-8-4-5-13-6-9(8)15-11(16-10)14-7-2-1-3-7/h7,13H,1-6H2,(H,14,15,16). The molecule has 2 heterocycles. The van der Waals surface area contributed by atoms with E-state index in [1.807, 2.05) is 0 Å². The van der Waals surface area contributed by atoms with E-state index in [0.717, 1.165) is 30.8 Å². The number of nitrogens with zero attached hydrogens (tertiary/aromatic N) is 2. The van der Waals surface area contributed by atoms with Gasteiger partial charge >= 0.3 is 0 Å². The van der Waals surface area contributed by atoms with E-state index >= 15 is 0 Å². The fraction of sp³-hybridized carbons (Fsp3) is 0.636. The molecule has 0 amide bonds. The summed E-state index contributed by atoms with van der Waals surface area (Å²) in [7, 11) is 0. The summed E-state index contributed by atoms with van der Waals surface area (Å²) in [6.45, 7) is 1.77. The molecule has 1 aromatic rings. The van der Waals surface area contributed by atoms with Crippen LogP contribution in [-0.4, -0.2) is 22.6 Å². The van der Waals surface area contributed by atoms with Gasteiger partial charge in [-0.3, -0.25) is 0 Å². The summed E-state index contributed by atoms with van der Waals surface area (Å²) in [6, 6.07) is 0.547. The maximum absolute atomic E-state index is 6.17. The molecule has 0 unspecified atom stereocenters. The van der Waals surface area contributed by atoms with E-state index in [9.17, 15) is 0 Å². The number of hydrogen-bond donors (Lipinski definition) is 2. The van der Waals surface area contributed by atoms with Gasteiger partial charge in [0, 0.05) is 18.2 Å². The van der Waals surface area contributed by atoms with Gasteiger partial charge in [-0.2, -0.15) is 0 Å². The van der Waals surface area contributed by atoms with Crippen molar-refractivity contribution in [3.63, 3.8) is 0 Å². The van der Waals surface area contributed by atoms with Crippen molar-refractivity contribution in [2.45, 2.75) is 38.3 Å². The van der Waals surface area contributed by atoms with E-state index in [1.165, 1.54) is 19.3 Å². The van der Waals surface area contributed by atoms with E-state index in [1.54, 1.807) is 0 Å². The third-order valence-corrected chi connectivity index (χ3v) is 3.64. The van der Waals surface area contributed by atoms with E-state index in [0.29, 0.717) is 17.1 Å². The predicted molar refractivity (Wildman–Crippen MR) is 63.7 cm³/mol. The molecule has 3 rings (SSSR count). The zero-order valence-corrected chi connectivity index (χ0v) is 9.85. The number of anilines is 1. The fourth-order valence-corrected chi connectivity index (χ4v) is 2.40. The summed E-state index contributed by atoms with van der Waals surface area (Å²) < 4.78 is 0. The predicted octanol–water partition coefficient (Wildman–Crippen LogP) is 1.74. The van der Waals surface area contributed by atoms with Crippen molar-refractivity contribution in [2.75, 3.05) is 11.9 Å². The molecular formula is C11H15ClN4. The van der Waals surface area contributed by atoms with Crippen molar-refractivity contribution in [1.29, 1.82) is 0 Å². The van der Waals surface area contributed by atoms with Gasteiger partial charge in [0.15, 0.2) is 0 Å². The molecule has 16 heavy (non-hydrogen) atoms. The molecule has 0 aromatic carbocycles. The number of aromatic nitrogens is 2. The number of nitrogens with one attached hydrogen (secondary N) is 2. The largest absolute Gasteiger partial charge is 0.351 e. The van der Waals surface area contributed by atoms with Crippen molar-refractivity contribution >= 4 is 17.5 Å². The van der Waals surface area contributed by atoms with Crippen LogP contribution in [0.2, 0.25) is 5.15 Å². The molecule has 4 nitrogen and oxygen atoms in total. The lowest BCUT2D eigenvalue weighted by molar-refractivity contribution is 0.442. The summed E-state index contributed by atoms with van der Waals surface area (Å²) in [6.07, 6.45) is 4.67. The normalized spacial score (nSPS) is 20.1. The number of hydrogen-bond acceptors (Lipinski definition) is 4. The molecule has 0 atom stereocenters. The summed E-state index contributed by atoms with van der Waals surface area (Å²) >= 11 is 6.17. The van der Waals surface area contributed by atoms with Crippen LogP contribution in [0.3, 0.4) is 0 Å². The van der Waals surface area contributed by atoms with Gasteiger partial charge in [-0.15, -0.1) is 0 Å². The minimum atomic E-state index is 0.547. The molecule has 5 heteroatoms. The topological polar surface area (TPSA) is 49.8 Å². The number of halogens is 1.